The molecule has 0 radical (unpaired) electrons. The summed E-state index contributed by atoms with van der Waals surface area (Å²) in [6, 6.07) is 2.58. The molecule has 7 nitrogen and oxygen atoms in total. The van der Waals surface area contributed by atoms with E-state index in [0.29, 0.717) is 5.56 Å². The molecule has 34 heavy (non-hydrogen) atoms. The van der Waals surface area contributed by atoms with Crippen molar-refractivity contribution < 1.29 is 31.5 Å². The molecule has 12 heteroatoms. The highest BCUT2D eigenvalue weighted by Gasteiger charge is 2.34. The van der Waals surface area contributed by atoms with Crippen molar-refractivity contribution in [1.29, 1.82) is 0 Å². The van der Waals surface area contributed by atoms with Crippen molar-refractivity contribution in [2.75, 3.05) is 0 Å². The number of hydrogen-bond acceptors (Lipinski definition) is 6. The van der Waals surface area contributed by atoms with Crippen LogP contribution in [0.1, 0.15) is 58.9 Å². The van der Waals surface area contributed by atoms with Gasteiger partial charge >= 0.3 is 12.8 Å². The number of alkyl halides is 5. The molecule has 1 amide bonds. The van der Waals surface area contributed by atoms with Crippen molar-refractivity contribution >= 4 is 5.91 Å². The zero-order valence-corrected chi connectivity index (χ0v) is 17.7. The summed E-state index contributed by atoms with van der Waals surface area (Å²) >= 11 is 0. The number of benzene rings is 1. The second kappa shape index (κ2) is 9.27. The number of aromatic nitrogens is 4. The SMILES string of the molecule is CC(NC(=O)c1cc(C2CC2)cc(C(F)(F)F)c1)c1nccnc1-c1ncc(OC(F)F)cn1. The standard InChI is InChI=1S/C22H18F5N5O2/c1-11(17-18(29-5-4-28-17)19-30-9-16(10-31-19)34-21(23)24)32-20(33)14-6-13(12-2-3-12)7-15(8-14)22(25,26)27/h4-12,21H,2-3H2,1H3,(H,32,33). The molecule has 1 aromatic carbocycles. The van der Waals surface area contributed by atoms with Crippen LogP contribution in [0.4, 0.5) is 22.0 Å². The molecule has 0 spiro atoms. The Morgan fingerprint density at radius 2 is 1.74 bits per heavy atom. The molecule has 2 heterocycles. The van der Waals surface area contributed by atoms with Gasteiger partial charge in [0, 0.05) is 18.0 Å². The van der Waals surface area contributed by atoms with Crippen molar-refractivity contribution in [3.8, 4) is 17.3 Å². The van der Waals surface area contributed by atoms with Crippen LogP contribution in [0.15, 0.2) is 43.0 Å². The lowest BCUT2D eigenvalue weighted by molar-refractivity contribution is -0.137. The van der Waals surface area contributed by atoms with Crippen LogP contribution in [0.2, 0.25) is 0 Å². The Morgan fingerprint density at radius 3 is 2.35 bits per heavy atom. The Labute approximate surface area is 190 Å². The van der Waals surface area contributed by atoms with Crippen LogP contribution >= 0.6 is 0 Å². The fourth-order valence-electron chi connectivity index (χ4n) is 3.39. The molecule has 0 bridgehead atoms. The fourth-order valence-corrected chi connectivity index (χ4v) is 3.39. The first kappa shape index (κ1) is 23.5. The number of rotatable bonds is 7. The van der Waals surface area contributed by atoms with Gasteiger partial charge in [0.1, 0.15) is 5.69 Å². The van der Waals surface area contributed by atoms with Crippen LogP contribution in [0, 0.1) is 0 Å². The third-order valence-corrected chi connectivity index (χ3v) is 5.14. The maximum Gasteiger partial charge on any atom is 0.416 e. The second-order valence-electron chi connectivity index (χ2n) is 7.72. The van der Waals surface area contributed by atoms with Crippen LogP contribution in [-0.2, 0) is 6.18 Å². The summed E-state index contributed by atoms with van der Waals surface area (Å²) < 4.78 is 68.9. The van der Waals surface area contributed by atoms with Crippen molar-refractivity contribution in [3.63, 3.8) is 0 Å². The average molecular weight is 479 g/mol. The smallest absolute Gasteiger partial charge is 0.416 e. The Kier molecular flexibility index (Phi) is 6.40. The molecular formula is C22H18F5N5O2. The quantitative estimate of drug-likeness (QED) is 0.484. The normalized spacial score (nSPS) is 14.7. The zero-order valence-electron chi connectivity index (χ0n) is 17.7. The highest BCUT2D eigenvalue weighted by atomic mass is 19.4. The number of ether oxygens (including phenoxy) is 1. The molecule has 2 aromatic heterocycles. The molecule has 1 aliphatic rings. The van der Waals surface area contributed by atoms with E-state index in [1.54, 1.807) is 6.92 Å². The van der Waals surface area contributed by atoms with Gasteiger partial charge in [0.15, 0.2) is 11.6 Å². The van der Waals surface area contributed by atoms with E-state index in [1.165, 1.54) is 18.5 Å². The summed E-state index contributed by atoms with van der Waals surface area (Å²) in [6.45, 7) is -1.46. The summed E-state index contributed by atoms with van der Waals surface area (Å²) in [6.07, 6.45) is 1.78. The zero-order chi connectivity index (χ0) is 24.5. The Hall–Kier alpha value is -3.70. The van der Waals surface area contributed by atoms with E-state index in [2.05, 4.69) is 30.0 Å². The largest absolute Gasteiger partial charge is 0.432 e. The first-order valence-electron chi connectivity index (χ1n) is 10.2. The monoisotopic (exact) mass is 479 g/mol. The van der Waals surface area contributed by atoms with Crippen LogP contribution in [0.25, 0.3) is 11.5 Å². The van der Waals surface area contributed by atoms with E-state index in [-0.39, 0.29) is 34.4 Å². The number of carbonyl (C=O) groups is 1. The Bertz CT molecular complexity index is 1180. The third-order valence-electron chi connectivity index (χ3n) is 5.14. The summed E-state index contributed by atoms with van der Waals surface area (Å²) in [5, 5.41) is 2.64. The van der Waals surface area contributed by atoms with E-state index in [4.69, 9.17) is 0 Å². The number of carbonyl (C=O) groups excluding carboxylic acids is 1. The van der Waals surface area contributed by atoms with E-state index < -0.39 is 30.3 Å². The predicted octanol–water partition coefficient (Wildman–Crippen LogP) is 4.92. The van der Waals surface area contributed by atoms with Gasteiger partial charge in [0.25, 0.3) is 5.91 Å². The van der Waals surface area contributed by atoms with E-state index in [1.807, 2.05) is 0 Å². The molecule has 1 aliphatic carbocycles. The number of halogens is 5. The van der Waals surface area contributed by atoms with Gasteiger partial charge in [-0.05, 0) is 49.4 Å². The Morgan fingerprint density at radius 1 is 1.06 bits per heavy atom. The number of nitrogens with one attached hydrogen (secondary N) is 1. The molecule has 3 aromatic rings. The first-order chi connectivity index (χ1) is 16.1. The summed E-state index contributed by atoms with van der Waals surface area (Å²) in [4.78, 5) is 29.1. The first-order valence-corrected chi connectivity index (χ1v) is 10.2. The molecule has 0 aliphatic heterocycles. The molecule has 1 N–H and O–H groups in total. The predicted molar refractivity (Wildman–Crippen MR) is 109 cm³/mol. The molecule has 178 valence electrons. The van der Waals surface area contributed by atoms with Gasteiger partial charge in [-0.2, -0.15) is 22.0 Å². The maximum atomic E-state index is 13.3. The molecule has 1 fully saturated rings. The molecule has 1 atom stereocenters. The van der Waals surface area contributed by atoms with Gasteiger partial charge in [0.2, 0.25) is 0 Å². The topological polar surface area (TPSA) is 89.9 Å². The van der Waals surface area contributed by atoms with Crippen LogP contribution < -0.4 is 10.1 Å². The highest BCUT2D eigenvalue weighted by molar-refractivity contribution is 5.95. The van der Waals surface area contributed by atoms with Crippen LogP contribution in [0.3, 0.4) is 0 Å². The van der Waals surface area contributed by atoms with Crippen molar-refractivity contribution in [2.45, 2.75) is 44.5 Å². The molecular weight excluding hydrogens is 461 g/mol. The van der Waals surface area contributed by atoms with Gasteiger partial charge in [-0.15, -0.1) is 0 Å². The highest BCUT2D eigenvalue weighted by Crippen LogP contribution is 2.42. The lowest BCUT2D eigenvalue weighted by atomic mass is 10.0. The lowest BCUT2D eigenvalue weighted by Crippen LogP contribution is -2.28. The van der Waals surface area contributed by atoms with Gasteiger partial charge in [-0.1, -0.05) is 0 Å². The number of hydrogen-bond donors (Lipinski definition) is 1. The lowest BCUT2D eigenvalue weighted by Gasteiger charge is -2.17. The van der Waals surface area contributed by atoms with Crippen LogP contribution in [0.5, 0.6) is 5.75 Å². The van der Waals surface area contributed by atoms with Gasteiger partial charge < -0.3 is 10.1 Å². The minimum atomic E-state index is -4.58. The molecule has 4 rings (SSSR count). The molecule has 1 saturated carbocycles. The van der Waals surface area contributed by atoms with Crippen molar-refractivity contribution in [1.82, 2.24) is 25.3 Å². The third kappa shape index (κ3) is 5.43. The van der Waals surface area contributed by atoms with E-state index in [9.17, 15) is 26.7 Å². The molecule has 0 saturated heterocycles. The van der Waals surface area contributed by atoms with Gasteiger partial charge in [0.05, 0.1) is 29.7 Å². The minimum absolute atomic E-state index is 0.0204. The van der Waals surface area contributed by atoms with Gasteiger partial charge in [-0.25, -0.2) is 15.0 Å². The van der Waals surface area contributed by atoms with Gasteiger partial charge in [-0.3, -0.25) is 9.78 Å². The van der Waals surface area contributed by atoms with E-state index in [0.717, 1.165) is 37.4 Å². The second-order valence-corrected chi connectivity index (χ2v) is 7.72. The summed E-state index contributed by atoms with van der Waals surface area (Å²) in [5.41, 5.74) is -0.102. The summed E-state index contributed by atoms with van der Waals surface area (Å²) in [5.74, 6) is -0.895. The maximum absolute atomic E-state index is 13.3. The van der Waals surface area contributed by atoms with Crippen LogP contribution in [-0.4, -0.2) is 32.5 Å². The minimum Gasteiger partial charge on any atom is -0.432 e. The Balaban J connectivity index is 1.57. The van der Waals surface area contributed by atoms with E-state index >= 15 is 0 Å². The fraction of sp³-hybridized carbons (Fsp3) is 0.318. The molecule has 1 unspecified atom stereocenters. The van der Waals surface area contributed by atoms with Crippen molar-refractivity contribution in [2.24, 2.45) is 0 Å². The average Bonchev–Trinajstić information content (AvgIpc) is 3.64. The number of amides is 1. The summed E-state index contributed by atoms with van der Waals surface area (Å²) in [7, 11) is 0. The number of nitrogens with zero attached hydrogens (tertiary/aromatic N) is 4. The van der Waals surface area contributed by atoms with Crippen molar-refractivity contribution in [3.05, 3.63) is 65.4 Å².